The van der Waals surface area contributed by atoms with Crippen molar-refractivity contribution in [2.24, 2.45) is 0 Å². The molecule has 8 nitrogen and oxygen atoms in total. The van der Waals surface area contributed by atoms with E-state index in [1.165, 1.54) is 12.1 Å². The number of amides is 1. The van der Waals surface area contributed by atoms with E-state index in [9.17, 15) is 19.7 Å². The molecule has 0 unspecified atom stereocenters. The molecule has 156 valence electrons. The lowest BCUT2D eigenvalue weighted by molar-refractivity contribution is -0.385. The Kier molecular flexibility index (Phi) is 5.36. The average molecular weight is 418 g/mol. The number of hydrogen-bond acceptors (Lipinski definition) is 5. The molecule has 0 saturated heterocycles. The van der Waals surface area contributed by atoms with Gasteiger partial charge in [0, 0.05) is 17.5 Å². The van der Waals surface area contributed by atoms with E-state index >= 15 is 0 Å². The monoisotopic (exact) mass is 418 g/mol. The lowest BCUT2D eigenvalue weighted by Gasteiger charge is -2.14. The molecule has 1 aliphatic carbocycles. The van der Waals surface area contributed by atoms with Crippen LogP contribution >= 0.6 is 0 Å². The number of nitrogens with one attached hydrogen (secondary N) is 1. The zero-order chi connectivity index (χ0) is 22.0. The summed E-state index contributed by atoms with van der Waals surface area (Å²) in [7, 11) is 0. The highest BCUT2D eigenvalue weighted by Gasteiger charge is 2.29. The number of benzene rings is 3. The van der Waals surface area contributed by atoms with Crippen molar-refractivity contribution in [2.75, 3.05) is 6.61 Å². The van der Waals surface area contributed by atoms with E-state index in [2.05, 4.69) is 5.32 Å². The molecular formula is C23H18N2O6. The number of nitro groups is 1. The fraction of sp³-hybridized carbons (Fsp3) is 0.130. The average Bonchev–Trinajstić information content (AvgIpc) is 3.09. The number of aromatic carboxylic acids is 1. The maximum atomic E-state index is 12.3. The highest BCUT2D eigenvalue weighted by Crippen LogP contribution is 2.44. The number of carboxylic acid groups (broad SMARTS) is 1. The van der Waals surface area contributed by atoms with Crippen molar-refractivity contribution in [1.29, 1.82) is 0 Å². The number of carbonyl (C=O) groups excluding carboxylic acids is 1. The molecule has 0 aliphatic heterocycles. The summed E-state index contributed by atoms with van der Waals surface area (Å²) >= 11 is 0. The number of ether oxygens (including phenoxy) is 1. The maximum Gasteiger partial charge on any atom is 0.407 e. The van der Waals surface area contributed by atoms with Crippen molar-refractivity contribution in [3.05, 3.63) is 99.1 Å². The fourth-order valence-corrected chi connectivity index (χ4v) is 3.83. The van der Waals surface area contributed by atoms with Gasteiger partial charge in [0.25, 0.3) is 5.69 Å². The van der Waals surface area contributed by atoms with Gasteiger partial charge in [0.1, 0.15) is 6.61 Å². The minimum atomic E-state index is -1.26. The Labute approximate surface area is 177 Å². The molecule has 0 bridgehead atoms. The highest BCUT2D eigenvalue weighted by atomic mass is 16.6. The van der Waals surface area contributed by atoms with Gasteiger partial charge < -0.3 is 15.2 Å². The van der Waals surface area contributed by atoms with Crippen molar-refractivity contribution in [3.8, 4) is 11.1 Å². The van der Waals surface area contributed by atoms with Gasteiger partial charge >= 0.3 is 12.1 Å². The summed E-state index contributed by atoms with van der Waals surface area (Å²) in [4.78, 5) is 33.8. The molecular weight excluding hydrogens is 400 g/mol. The second-order valence-corrected chi connectivity index (χ2v) is 7.08. The third-order valence-corrected chi connectivity index (χ3v) is 5.30. The first kappa shape index (κ1) is 20.1. The number of carboxylic acids is 1. The van der Waals surface area contributed by atoms with Crippen LogP contribution in [0.5, 0.6) is 0 Å². The molecule has 1 amide bonds. The van der Waals surface area contributed by atoms with Crippen LogP contribution in [0.3, 0.4) is 0 Å². The van der Waals surface area contributed by atoms with Crippen LogP contribution < -0.4 is 5.32 Å². The molecule has 0 heterocycles. The van der Waals surface area contributed by atoms with Gasteiger partial charge in [-0.1, -0.05) is 48.5 Å². The van der Waals surface area contributed by atoms with E-state index in [0.717, 1.165) is 28.3 Å². The summed E-state index contributed by atoms with van der Waals surface area (Å²) in [5.41, 5.74) is 3.99. The van der Waals surface area contributed by atoms with E-state index in [0.29, 0.717) is 0 Å². The van der Waals surface area contributed by atoms with Crippen molar-refractivity contribution in [1.82, 2.24) is 5.32 Å². The molecule has 0 atom stereocenters. The van der Waals surface area contributed by atoms with Crippen LogP contribution in [0.1, 0.15) is 33.0 Å². The van der Waals surface area contributed by atoms with Gasteiger partial charge in [-0.3, -0.25) is 10.1 Å². The number of nitro benzene ring substituents is 1. The van der Waals surface area contributed by atoms with Crippen molar-refractivity contribution >= 4 is 17.7 Å². The predicted molar refractivity (Wildman–Crippen MR) is 112 cm³/mol. The molecule has 0 saturated carbocycles. The number of fused-ring (bicyclic) bond motifs is 3. The van der Waals surface area contributed by atoms with Crippen LogP contribution in [-0.4, -0.2) is 28.7 Å². The van der Waals surface area contributed by atoms with Gasteiger partial charge in [0.2, 0.25) is 0 Å². The first-order chi connectivity index (χ1) is 15.0. The first-order valence-corrected chi connectivity index (χ1v) is 9.55. The second-order valence-electron chi connectivity index (χ2n) is 7.08. The van der Waals surface area contributed by atoms with Crippen molar-refractivity contribution in [2.45, 2.75) is 12.5 Å². The molecule has 3 aromatic carbocycles. The minimum absolute atomic E-state index is 0.0951. The standard InChI is InChI=1S/C23H18N2O6/c26-22(27)14-9-10-15(21(11-14)25(29)30)12-24-23(28)31-13-20-18-7-3-1-5-16(18)17-6-2-4-8-19(17)20/h1-11,20H,12-13H2,(H,24,28)(H,26,27). The van der Waals surface area contributed by atoms with Crippen molar-refractivity contribution in [3.63, 3.8) is 0 Å². The normalized spacial score (nSPS) is 12.0. The number of alkyl carbamates (subject to hydrolysis) is 1. The SMILES string of the molecule is O=C(NCc1ccc(C(=O)O)cc1[N+](=O)[O-])OCC1c2ccccc2-c2ccccc21. The first-order valence-electron chi connectivity index (χ1n) is 9.55. The van der Waals surface area contributed by atoms with E-state index in [-0.39, 0.29) is 35.9 Å². The molecule has 3 aromatic rings. The van der Waals surface area contributed by atoms with Crippen LogP contribution in [0.25, 0.3) is 11.1 Å². The van der Waals surface area contributed by atoms with Crippen LogP contribution in [0.15, 0.2) is 66.7 Å². The molecule has 0 fully saturated rings. The Balaban J connectivity index is 1.43. The largest absolute Gasteiger partial charge is 0.478 e. The second kappa shape index (κ2) is 8.27. The summed E-state index contributed by atoms with van der Waals surface area (Å²) in [6, 6.07) is 19.4. The highest BCUT2D eigenvalue weighted by molar-refractivity contribution is 5.88. The summed E-state index contributed by atoms with van der Waals surface area (Å²) < 4.78 is 5.41. The van der Waals surface area contributed by atoms with Gasteiger partial charge in [-0.15, -0.1) is 0 Å². The smallest absolute Gasteiger partial charge is 0.407 e. The van der Waals surface area contributed by atoms with Crippen LogP contribution in [0.4, 0.5) is 10.5 Å². The number of hydrogen-bond donors (Lipinski definition) is 2. The Morgan fingerprint density at radius 3 is 2.19 bits per heavy atom. The number of carbonyl (C=O) groups is 2. The Morgan fingerprint density at radius 1 is 1.00 bits per heavy atom. The maximum absolute atomic E-state index is 12.3. The summed E-state index contributed by atoms with van der Waals surface area (Å²) in [5, 5.41) is 22.7. The van der Waals surface area contributed by atoms with E-state index in [1.807, 2.05) is 48.5 Å². The predicted octanol–water partition coefficient (Wildman–Crippen LogP) is 4.33. The Bertz CT molecular complexity index is 1140. The molecule has 0 aromatic heterocycles. The molecule has 8 heteroatoms. The van der Waals surface area contributed by atoms with Gasteiger partial charge in [-0.2, -0.15) is 0 Å². The van der Waals surface area contributed by atoms with Crippen LogP contribution in [0.2, 0.25) is 0 Å². The molecule has 0 spiro atoms. The number of rotatable bonds is 6. The zero-order valence-electron chi connectivity index (χ0n) is 16.3. The lowest BCUT2D eigenvalue weighted by atomic mass is 9.98. The Morgan fingerprint density at radius 2 is 1.61 bits per heavy atom. The van der Waals surface area contributed by atoms with E-state index in [1.54, 1.807) is 0 Å². The zero-order valence-corrected chi connectivity index (χ0v) is 16.3. The summed E-state index contributed by atoms with van der Waals surface area (Å²) in [5.74, 6) is -1.36. The number of nitrogens with zero attached hydrogens (tertiary/aromatic N) is 1. The molecule has 31 heavy (non-hydrogen) atoms. The third kappa shape index (κ3) is 3.95. The quantitative estimate of drug-likeness (QED) is 0.454. The van der Waals surface area contributed by atoms with Crippen molar-refractivity contribution < 1.29 is 24.4 Å². The van der Waals surface area contributed by atoms with Gasteiger partial charge in [-0.05, 0) is 34.4 Å². The van der Waals surface area contributed by atoms with E-state index in [4.69, 9.17) is 9.84 Å². The summed E-state index contributed by atoms with van der Waals surface area (Å²) in [6.07, 6.45) is -0.710. The topological polar surface area (TPSA) is 119 Å². The third-order valence-electron chi connectivity index (χ3n) is 5.30. The van der Waals surface area contributed by atoms with Crippen LogP contribution in [-0.2, 0) is 11.3 Å². The lowest BCUT2D eigenvalue weighted by Crippen LogP contribution is -2.26. The van der Waals surface area contributed by atoms with E-state index < -0.39 is 17.0 Å². The molecule has 4 rings (SSSR count). The van der Waals surface area contributed by atoms with Gasteiger partial charge in [0.05, 0.1) is 17.0 Å². The molecule has 2 N–H and O–H groups in total. The summed E-state index contributed by atoms with van der Waals surface area (Å²) in [6.45, 7) is -0.0349. The van der Waals surface area contributed by atoms with Gasteiger partial charge in [0.15, 0.2) is 0 Å². The van der Waals surface area contributed by atoms with Gasteiger partial charge in [-0.25, -0.2) is 9.59 Å². The van der Waals surface area contributed by atoms with Crippen LogP contribution in [0, 0.1) is 10.1 Å². The fourth-order valence-electron chi connectivity index (χ4n) is 3.83. The molecule has 1 aliphatic rings. The Hall–Kier alpha value is -4.20. The minimum Gasteiger partial charge on any atom is -0.478 e. The molecule has 0 radical (unpaired) electrons.